The molecule has 3 aromatic rings. The molecule has 0 bridgehead atoms. The number of amides is 2. The average Bonchev–Trinajstić information content (AvgIpc) is 3.27. The van der Waals surface area contributed by atoms with E-state index in [0.29, 0.717) is 10.3 Å². The van der Waals surface area contributed by atoms with Crippen molar-refractivity contribution in [2.75, 3.05) is 22.1 Å². The van der Waals surface area contributed by atoms with E-state index in [2.05, 4.69) is 20.6 Å². The molecule has 1 aromatic carbocycles. The third-order valence-electron chi connectivity index (χ3n) is 2.97. The van der Waals surface area contributed by atoms with Crippen molar-refractivity contribution >= 4 is 56.5 Å². The van der Waals surface area contributed by atoms with Crippen LogP contribution in [0.3, 0.4) is 0 Å². The van der Waals surface area contributed by atoms with Gasteiger partial charge in [0.25, 0.3) is 0 Å². The number of aromatic nitrogens is 2. The van der Waals surface area contributed by atoms with Crippen LogP contribution in [-0.4, -0.2) is 33.3 Å². The highest BCUT2D eigenvalue weighted by Gasteiger charge is 2.10. The molecule has 0 radical (unpaired) electrons. The van der Waals surface area contributed by atoms with Gasteiger partial charge in [-0.15, -0.1) is 34.4 Å². The summed E-state index contributed by atoms with van der Waals surface area (Å²) in [6.07, 6.45) is 1.62. The molecule has 0 fully saturated rings. The topological polar surface area (TPSA) is 84.0 Å². The number of thiazole rings is 2. The molecule has 25 heavy (non-hydrogen) atoms. The summed E-state index contributed by atoms with van der Waals surface area (Å²) in [5, 5.41) is 10.2. The van der Waals surface area contributed by atoms with Crippen LogP contribution in [0.4, 0.5) is 10.3 Å². The van der Waals surface area contributed by atoms with Crippen molar-refractivity contribution in [2.45, 2.75) is 0 Å². The zero-order valence-corrected chi connectivity index (χ0v) is 15.4. The Hall–Kier alpha value is -2.23. The lowest BCUT2D eigenvalue weighted by atomic mass is 10.2. The first kappa shape index (κ1) is 17.6. The molecule has 0 unspecified atom stereocenters. The van der Waals surface area contributed by atoms with Crippen LogP contribution in [0.25, 0.3) is 11.3 Å². The fourth-order valence-electron chi connectivity index (χ4n) is 1.90. The predicted octanol–water partition coefficient (Wildman–Crippen LogP) is 3.58. The van der Waals surface area contributed by atoms with E-state index in [0.717, 1.165) is 11.3 Å². The molecule has 0 atom stereocenters. The van der Waals surface area contributed by atoms with Gasteiger partial charge in [0.2, 0.25) is 11.8 Å². The molecule has 0 aliphatic rings. The SMILES string of the molecule is O=C(CSCC(=O)Nc1nc(-c2ccccc2)cs1)Nc1nccs1. The first-order chi connectivity index (χ1) is 12.2. The number of rotatable bonds is 7. The van der Waals surface area contributed by atoms with Gasteiger partial charge in [-0.25, -0.2) is 9.97 Å². The van der Waals surface area contributed by atoms with Crippen molar-refractivity contribution in [1.29, 1.82) is 0 Å². The highest BCUT2D eigenvalue weighted by molar-refractivity contribution is 8.00. The van der Waals surface area contributed by atoms with Crippen LogP contribution >= 0.6 is 34.4 Å². The van der Waals surface area contributed by atoms with Crippen LogP contribution in [0.5, 0.6) is 0 Å². The van der Waals surface area contributed by atoms with Gasteiger partial charge in [0.05, 0.1) is 17.2 Å². The second-order valence-electron chi connectivity index (χ2n) is 4.83. The molecule has 0 saturated heterocycles. The van der Waals surface area contributed by atoms with Gasteiger partial charge in [-0.05, 0) is 0 Å². The molecular weight excluding hydrogens is 376 g/mol. The lowest BCUT2D eigenvalue weighted by molar-refractivity contribution is -0.114. The Bertz CT molecular complexity index is 834. The van der Waals surface area contributed by atoms with Crippen molar-refractivity contribution in [2.24, 2.45) is 0 Å². The van der Waals surface area contributed by atoms with Crippen molar-refractivity contribution < 1.29 is 9.59 Å². The fourth-order valence-corrected chi connectivity index (χ4v) is 3.80. The lowest BCUT2D eigenvalue weighted by Crippen LogP contribution is -2.18. The fraction of sp³-hybridized carbons (Fsp3) is 0.125. The predicted molar refractivity (Wildman–Crippen MR) is 104 cm³/mol. The van der Waals surface area contributed by atoms with E-state index in [-0.39, 0.29) is 23.3 Å². The third-order valence-corrected chi connectivity index (χ3v) is 5.34. The van der Waals surface area contributed by atoms with Crippen LogP contribution in [0.15, 0.2) is 47.3 Å². The van der Waals surface area contributed by atoms with Gasteiger partial charge in [-0.2, -0.15) is 0 Å². The molecule has 2 aromatic heterocycles. The number of nitrogens with zero attached hydrogens (tertiary/aromatic N) is 2. The molecule has 2 amide bonds. The van der Waals surface area contributed by atoms with E-state index in [4.69, 9.17) is 0 Å². The number of anilines is 2. The van der Waals surface area contributed by atoms with Crippen molar-refractivity contribution in [3.63, 3.8) is 0 Å². The van der Waals surface area contributed by atoms with Gasteiger partial charge >= 0.3 is 0 Å². The first-order valence-corrected chi connectivity index (χ1v) is 10.2. The van der Waals surface area contributed by atoms with E-state index in [1.165, 1.54) is 34.4 Å². The molecule has 128 valence electrons. The Morgan fingerprint density at radius 2 is 1.72 bits per heavy atom. The Kier molecular flexibility index (Phi) is 6.15. The van der Waals surface area contributed by atoms with Gasteiger partial charge in [0, 0.05) is 22.5 Å². The largest absolute Gasteiger partial charge is 0.301 e. The Morgan fingerprint density at radius 1 is 1.00 bits per heavy atom. The molecule has 6 nitrogen and oxygen atoms in total. The maximum absolute atomic E-state index is 11.9. The summed E-state index contributed by atoms with van der Waals surface area (Å²) in [6.45, 7) is 0. The first-order valence-electron chi connectivity index (χ1n) is 7.28. The van der Waals surface area contributed by atoms with Crippen LogP contribution in [0, 0.1) is 0 Å². The van der Waals surface area contributed by atoms with E-state index in [9.17, 15) is 9.59 Å². The van der Waals surface area contributed by atoms with Gasteiger partial charge in [-0.1, -0.05) is 30.3 Å². The summed E-state index contributed by atoms with van der Waals surface area (Å²) >= 11 is 3.97. The smallest absolute Gasteiger partial charge is 0.236 e. The summed E-state index contributed by atoms with van der Waals surface area (Å²) in [5.74, 6) is 0.0282. The minimum Gasteiger partial charge on any atom is -0.301 e. The number of nitrogens with one attached hydrogen (secondary N) is 2. The average molecular weight is 391 g/mol. The van der Waals surface area contributed by atoms with E-state index < -0.39 is 0 Å². The molecule has 9 heteroatoms. The molecule has 2 heterocycles. The van der Waals surface area contributed by atoms with Gasteiger partial charge in [0.1, 0.15) is 0 Å². The molecule has 0 aliphatic heterocycles. The van der Waals surface area contributed by atoms with Crippen LogP contribution < -0.4 is 10.6 Å². The molecule has 0 saturated carbocycles. The van der Waals surface area contributed by atoms with Crippen molar-refractivity contribution in [3.05, 3.63) is 47.3 Å². The normalized spacial score (nSPS) is 10.4. The van der Waals surface area contributed by atoms with Crippen LogP contribution in [-0.2, 0) is 9.59 Å². The Balaban J connectivity index is 1.42. The molecule has 2 N–H and O–H groups in total. The number of hydrogen-bond acceptors (Lipinski definition) is 7. The maximum atomic E-state index is 11.9. The Morgan fingerprint density at radius 3 is 2.40 bits per heavy atom. The van der Waals surface area contributed by atoms with Gasteiger partial charge in [-0.3, -0.25) is 9.59 Å². The quantitative estimate of drug-likeness (QED) is 0.644. The van der Waals surface area contributed by atoms with Gasteiger partial charge < -0.3 is 10.6 Å². The van der Waals surface area contributed by atoms with Crippen LogP contribution in [0.1, 0.15) is 0 Å². The Labute approximate surface area is 156 Å². The number of carbonyl (C=O) groups excluding carboxylic acids is 2. The van der Waals surface area contributed by atoms with Gasteiger partial charge in [0.15, 0.2) is 10.3 Å². The van der Waals surface area contributed by atoms with E-state index in [1.54, 1.807) is 11.6 Å². The highest BCUT2D eigenvalue weighted by Crippen LogP contribution is 2.24. The van der Waals surface area contributed by atoms with E-state index in [1.807, 2.05) is 35.7 Å². The van der Waals surface area contributed by atoms with Crippen molar-refractivity contribution in [1.82, 2.24) is 9.97 Å². The molecule has 0 aliphatic carbocycles. The number of carbonyl (C=O) groups is 2. The number of thioether (sulfide) groups is 1. The minimum absolute atomic E-state index is 0.173. The summed E-state index contributed by atoms with van der Waals surface area (Å²) in [6, 6.07) is 9.77. The monoisotopic (exact) mass is 390 g/mol. The maximum Gasteiger partial charge on any atom is 0.236 e. The van der Waals surface area contributed by atoms with Crippen LogP contribution in [0.2, 0.25) is 0 Å². The third kappa shape index (κ3) is 5.38. The number of hydrogen-bond donors (Lipinski definition) is 2. The highest BCUT2D eigenvalue weighted by atomic mass is 32.2. The summed E-state index contributed by atoms with van der Waals surface area (Å²) < 4.78 is 0. The van der Waals surface area contributed by atoms with E-state index >= 15 is 0 Å². The second kappa shape index (κ2) is 8.75. The van der Waals surface area contributed by atoms with Crippen molar-refractivity contribution in [3.8, 4) is 11.3 Å². The lowest BCUT2D eigenvalue weighted by Gasteiger charge is -2.02. The minimum atomic E-state index is -0.180. The molecule has 0 spiro atoms. The number of benzene rings is 1. The zero-order chi connectivity index (χ0) is 17.5. The molecule has 3 rings (SSSR count). The second-order valence-corrected chi connectivity index (χ2v) is 7.57. The summed E-state index contributed by atoms with van der Waals surface area (Å²) in [5.41, 5.74) is 1.84. The zero-order valence-electron chi connectivity index (χ0n) is 13.0. The summed E-state index contributed by atoms with van der Waals surface area (Å²) in [4.78, 5) is 32.0. The summed E-state index contributed by atoms with van der Waals surface area (Å²) in [7, 11) is 0. The standard InChI is InChI=1S/C16H14N4O2S3/c21-13(19-15-17-6-7-24-15)9-23-10-14(22)20-16-18-12(8-25-16)11-4-2-1-3-5-11/h1-8H,9-10H2,(H,17,19,21)(H,18,20,22). The molecular formula is C16H14N4O2S3.